The van der Waals surface area contributed by atoms with Gasteiger partial charge in [-0.25, -0.2) is 0 Å². The Morgan fingerprint density at radius 1 is 1.27 bits per heavy atom. The third-order valence-electron chi connectivity index (χ3n) is 3.06. The fourth-order valence-corrected chi connectivity index (χ4v) is 2.25. The van der Waals surface area contributed by atoms with Gasteiger partial charge < -0.3 is 9.47 Å². The third kappa shape index (κ3) is 1.35. The van der Waals surface area contributed by atoms with Gasteiger partial charge in [0.25, 0.3) is 0 Å². The number of hydrogen-bond donors (Lipinski definition) is 0. The minimum atomic E-state index is -0.383. The van der Waals surface area contributed by atoms with Crippen molar-refractivity contribution < 1.29 is 14.3 Å². The van der Waals surface area contributed by atoms with Crippen molar-refractivity contribution in [3.05, 3.63) is 29.8 Å². The highest BCUT2D eigenvalue weighted by atomic mass is 16.6. The molecule has 0 saturated carbocycles. The van der Waals surface area contributed by atoms with E-state index in [4.69, 9.17) is 9.47 Å². The summed E-state index contributed by atoms with van der Waals surface area (Å²) >= 11 is 0. The van der Waals surface area contributed by atoms with Crippen molar-refractivity contribution in [1.82, 2.24) is 0 Å². The Morgan fingerprint density at radius 2 is 2.13 bits per heavy atom. The Labute approximate surface area is 88.0 Å². The maximum absolute atomic E-state index is 11.9. The van der Waals surface area contributed by atoms with E-state index in [2.05, 4.69) is 0 Å². The maximum atomic E-state index is 11.9. The lowest BCUT2D eigenvalue weighted by Gasteiger charge is -2.33. The summed E-state index contributed by atoms with van der Waals surface area (Å²) in [6.45, 7) is 1.22. The first-order chi connectivity index (χ1) is 7.29. The van der Waals surface area contributed by atoms with Gasteiger partial charge in [0, 0.05) is 6.42 Å². The molecule has 15 heavy (non-hydrogen) atoms. The number of carbonyl (C=O) groups excluding carboxylic acids is 1. The Hall–Kier alpha value is -1.35. The van der Waals surface area contributed by atoms with Crippen LogP contribution in [0.2, 0.25) is 0 Å². The van der Waals surface area contributed by atoms with Crippen LogP contribution in [0.25, 0.3) is 0 Å². The second-order valence-electron chi connectivity index (χ2n) is 4.18. The fourth-order valence-electron chi connectivity index (χ4n) is 2.25. The molecule has 1 saturated heterocycles. The molecule has 1 aromatic rings. The minimum absolute atomic E-state index is 0.169. The quantitative estimate of drug-likeness (QED) is 0.646. The van der Waals surface area contributed by atoms with Crippen LogP contribution in [0.1, 0.15) is 23.2 Å². The molecule has 0 aromatic heterocycles. The summed E-state index contributed by atoms with van der Waals surface area (Å²) in [6, 6.07) is 7.43. The molecule has 0 aliphatic carbocycles. The predicted molar refractivity (Wildman–Crippen MR) is 54.2 cm³/mol. The number of hydrogen-bond acceptors (Lipinski definition) is 3. The van der Waals surface area contributed by atoms with E-state index in [9.17, 15) is 4.79 Å². The summed E-state index contributed by atoms with van der Waals surface area (Å²) in [5, 5.41) is 0. The van der Waals surface area contributed by atoms with Crippen LogP contribution in [0.3, 0.4) is 0 Å². The molecule has 1 unspecified atom stereocenters. The van der Waals surface area contributed by atoms with Crippen LogP contribution in [0.5, 0.6) is 5.75 Å². The largest absolute Gasteiger partial charge is 0.484 e. The summed E-state index contributed by atoms with van der Waals surface area (Å²) in [7, 11) is 0. The predicted octanol–water partition coefficient (Wildman–Crippen LogP) is 1.81. The Bertz CT molecular complexity index is 405. The van der Waals surface area contributed by atoms with Gasteiger partial charge in [0.15, 0.2) is 5.78 Å². The van der Waals surface area contributed by atoms with E-state index >= 15 is 0 Å². The number of para-hydroxylation sites is 1. The molecule has 1 atom stereocenters. The van der Waals surface area contributed by atoms with E-state index in [0.29, 0.717) is 30.9 Å². The highest BCUT2D eigenvalue weighted by molar-refractivity contribution is 6.00. The molecule has 3 heteroatoms. The molecule has 3 rings (SSSR count). The SMILES string of the molecule is O=C1CC2(CCOC2)Oc2ccccc21. The normalized spacial score (nSPS) is 28.9. The van der Waals surface area contributed by atoms with Crippen LogP contribution in [0.15, 0.2) is 24.3 Å². The van der Waals surface area contributed by atoms with Gasteiger partial charge >= 0.3 is 0 Å². The Morgan fingerprint density at radius 3 is 2.93 bits per heavy atom. The first-order valence-electron chi connectivity index (χ1n) is 5.18. The molecular weight excluding hydrogens is 192 g/mol. The molecular formula is C12H12O3. The second-order valence-corrected chi connectivity index (χ2v) is 4.18. The van der Waals surface area contributed by atoms with Gasteiger partial charge in [0.05, 0.1) is 25.2 Å². The first kappa shape index (κ1) is 8.92. The smallest absolute Gasteiger partial charge is 0.170 e. The van der Waals surface area contributed by atoms with E-state index in [-0.39, 0.29) is 11.4 Å². The van der Waals surface area contributed by atoms with Gasteiger partial charge in [-0.05, 0) is 12.1 Å². The van der Waals surface area contributed by atoms with Crippen molar-refractivity contribution >= 4 is 5.78 Å². The van der Waals surface area contributed by atoms with Crippen molar-refractivity contribution in [1.29, 1.82) is 0 Å². The molecule has 0 bridgehead atoms. The zero-order valence-corrected chi connectivity index (χ0v) is 8.36. The zero-order valence-electron chi connectivity index (χ0n) is 8.36. The van der Waals surface area contributed by atoms with Gasteiger partial charge in [0.2, 0.25) is 0 Å². The van der Waals surface area contributed by atoms with E-state index < -0.39 is 0 Å². The van der Waals surface area contributed by atoms with Crippen molar-refractivity contribution in [3.8, 4) is 5.75 Å². The zero-order chi connectivity index (χ0) is 10.3. The number of carbonyl (C=O) groups is 1. The molecule has 1 spiro atoms. The maximum Gasteiger partial charge on any atom is 0.170 e. The molecule has 2 heterocycles. The lowest BCUT2D eigenvalue weighted by Crippen LogP contribution is -2.42. The Kier molecular flexibility index (Phi) is 1.83. The summed E-state index contributed by atoms with van der Waals surface area (Å²) in [6.07, 6.45) is 1.26. The van der Waals surface area contributed by atoms with E-state index in [0.717, 1.165) is 6.42 Å². The Balaban J connectivity index is 2.02. The van der Waals surface area contributed by atoms with Crippen LogP contribution in [-0.2, 0) is 4.74 Å². The van der Waals surface area contributed by atoms with Gasteiger partial charge in [0.1, 0.15) is 11.4 Å². The van der Waals surface area contributed by atoms with Crippen molar-refractivity contribution in [3.63, 3.8) is 0 Å². The van der Waals surface area contributed by atoms with E-state index in [1.54, 1.807) is 0 Å². The van der Waals surface area contributed by atoms with Crippen LogP contribution < -0.4 is 4.74 Å². The molecule has 0 amide bonds. The first-order valence-corrected chi connectivity index (χ1v) is 5.18. The second kappa shape index (κ2) is 3.07. The van der Waals surface area contributed by atoms with Gasteiger partial charge in [-0.3, -0.25) is 4.79 Å². The lowest BCUT2D eigenvalue weighted by molar-refractivity contribution is 0.0306. The van der Waals surface area contributed by atoms with Crippen molar-refractivity contribution in [2.75, 3.05) is 13.2 Å². The molecule has 78 valence electrons. The van der Waals surface area contributed by atoms with Gasteiger partial charge in [-0.1, -0.05) is 12.1 Å². The van der Waals surface area contributed by atoms with Crippen LogP contribution in [0, 0.1) is 0 Å². The molecule has 2 aliphatic heterocycles. The molecule has 2 aliphatic rings. The van der Waals surface area contributed by atoms with Crippen LogP contribution >= 0.6 is 0 Å². The number of fused-ring (bicyclic) bond motifs is 1. The fraction of sp³-hybridized carbons (Fsp3) is 0.417. The van der Waals surface area contributed by atoms with Gasteiger partial charge in [-0.2, -0.15) is 0 Å². The standard InChI is InChI=1S/C12H12O3/c13-10-7-12(5-6-14-8-12)15-11-4-2-1-3-9(10)11/h1-4H,5-8H2. The molecule has 1 fully saturated rings. The number of benzene rings is 1. The highest BCUT2D eigenvalue weighted by Crippen LogP contribution is 2.37. The third-order valence-corrected chi connectivity index (χ3v) is 3.06. The summed E-state index contributed by atoms with van der Waals surface area (Å²) in [5.74, 6) is 0.876. The summed E-state index contributed by atoms with van der Waals surface area (Å²) in [4.78, 5) is 11.9. The van der Waals surface area contributed by atoms with Crippen LogP contribution in [-0.4, -0.2) is 24.6 Å². The molecule has 1 aromatic carbocycles. The number of rotatable bonds is 0. The lowest BCUT2D eigenvalue weighted by atomic mass is 9.89. The topological polar surface area (TPSA) is 35.5 Å². The number of ketones is 1. The summed E-state index contributed by atoms with van der Waals surface area (Å²) < 4.78 is 11.2. The minimum Gasteiger partial charge on any atom is -0.484 e. The highest BCUT2D eigenvalue weighted by Gasteiger charge is 2.43. The van der Waals surface area contributed by atoms with E-state index in [1.165, 1.54) is 0 Å². The monoisotopic (exact) mass is 204 g/mol. The molecule has 0 N–H and O–H groups in total. The molecule has 0 radical (unpaired) electrons. The average molecular weight is 204 g/mol. The van der Waals surface area contributed by atoms with Crippen LogP contribution in [0.4, 0.5) is 0 Å². The van der Waals surface area contributed by atoms with Gasteiger partial charge in [-0.15, -0.1) is 0 Å². The average Bonchev–Trinajstić information content (AvgIpc) is 2.66. The summed E-state index contributed by atoms with van der Waals surface area (Å²) in [5.41, 5.74) is 0.320. The van der Waals surface area contributed by atoms with E-state index in [1.807, 2.05) is 24.3 Å². The number of Topliss-reactive ketones (excluding diaryl/α,β-unsaturated/α-hetero) is 1. The molecule has 3 nitrogen and oxygen atoms in total. The van der Waals surface area contributed by atoms with Crippen molar-refractivity contribution in [2.24, 2.45) is 0 Å². The number of ether oxygens (including phenoxy) is 2. The van der Waals surface area contributed by atoms with Crippen molar-refractivity contribution in [2.45, 2.75) is 18.4 Å².